The lowest BCUT2D eigenvalue weighted by atomic mass is 11.2. The van der Waals surface area contributed by atoms with Gasteiger partial charge >= 0.3 is 0 Å². The molecule has 0 saturated heterocycles. The molecule has 166 valence electrons. The van der Waals surface area contributed by atoms with Crippen molar-refractivity contribution in [2.24, 2.45) is 0 Å². The third-order valence-corrected chi connectivity index (χ3v) is 24.9. The average Bonchev–Trinajstić information content (AvgIpc) is 3.56. The second kappa shape index (κ2) is 11.7. The smallest absolute Gasteiger partial charge is 0.0769 e. The van der Waals surface area contributed by atoms with Gasteiger partial charge in [0.2, 0.25) is 0 Å². The van der Waals surface area contributed by atoms with E-state index in [9.17, 15) is 0 Å². The van der Waals surface area contributed by atoms with E-state index in [2.05, 4.69) is 21.6 Å². The SMILES string of the molecule is SC1=C(SSC2=C(S)SC(=C3SC4=C(SC=CS4)S3)S2)SC(=C2SC3=C(SC=CS3)S2)S1. The Hall–Kier alpha value is 3.52. The molecule has 6 aliphatic rings. The predicted octanol–water partition coefficient (Wildman–Crippen LogP) is 12.8. The maximum atomic E-state index is 4.80. The van der Waals surface area contributed by atoms with Crippen LogP contribution in [0.4, 0.5) is 0 Å². The fraction of sp³-hybridized carbons (Fsp3) is 0. The molecular formula is C16H6S16. The van der Waals surface area contributed by atoms with Gasteiger partial charge in [0.25, 0.3) is 0 Å². The molecule has 6 heterocycles. The molecule has 0 N–H and O–H groups in total. The molecule has 0 fully saturated rings. The minimum atomic E-state index is 1.11. The summed E-state index contributed by atoms with van der Waals surface area (Å²) in [4.78, 5) is 0. The Bertz CT molecular complexity index is 1010. The molecule has 0 unspecified atom stereocenters. The first-order chi connectivity index (χ1) is 15.6. The zero-order chi connectivity index (χ0) is 21.7. The van der Waals surface area contributed by atoms with Gasteiger partial charge in [-0.05, 0) is 43.2 Å². The van der Waals surface area contributed by atoms with E-state index >= 15 is 0 Å². The minimum Gasteiger partial charge on any atom is -0.135 e. The highest BCUT2D eigenvalue weighted by atomic mass is 33.1. The van der Waals surface area contributed by atoms with E-state index < -0.39 is 0 Å². The molecule has 6 rings (SSSR count). The van der Waals surface area contributed by atoms with Gasteiger partial charge in [0, 0.05) is 0 Å². The molecule has 16 heteroatoms. The summed E-state index contributed by atoms with van der Waals surface area (Å²) in [7, 11) is 3.63. The monoisotopic (exact) mass is 710 g/mol. The molecule has 0 bridgehead atoms. The van der Waals surface area contributed by atoms with E-state index in [0.29, 0.717) is 0 Å². The average molecular weight is 711 g/mol. The summed E-state index contributed by atoms with van der Waals surface area (Å²) in [6.45, 7) is 0. The van der Waals surface area contributed by atoms with Crippen molar-refractivity contribution in [2.75, 3.05) is 0 Å². The lowest BCUT2D eigenvalue weighted by molar-refractivity contribution is 2.31. The van der Waals surface area contributed by atoms with Crippen molar-refractivity contribution in [3.63, 3.8) is 0 Å². The lowest BCUT2D eigenvalue weighted by Gasteiger charge is -2.04. The summed E-state index contributed by atoms with van der Waals surface area (Å²) in [5, 5.41) is 8.69. The van der Waals surface area contributed by atoms with Crippen LogP contribution in [-0.4, -0.2) is 0 Å². The highest BCUT2D eigenvalue weighted by molar-refractivity contribution is 8.84. The van der Waals surface area contributed by atoms with Crippen LogP contribution in [0.5, 0.6) is 0 Å². The van der Waals surface area contributed by atoms with Gasteiger partial charge in [-0.25, -0.2) is 0 Å². The van der Waals surface area contributed by atoms with E-state index in [-0.39, 0.29) is 0 Å². The summed E-state index contributed by atoms with van der Waals surface area (Å²) in [5.74, 6) is 0. The Morgan fingerprint density at radius 2 is 0.719 bits per heavy atom. The summed E-state index contributed by atoms with van der Waals surface area (Å²) in [5.41, 5.74) is 0. The molecular weight excluding hydrogens is 705 g/mol. The zero-order valence-electron chi connectivity index (χ0n) is 14.9. The number of rotatable bonds is 3. The molecule has 0 aromatic rings. The van der Waals surface area contributed by atoms with E-state index in [1.54, 1.807) is 23.5 Å². The standard InChI is InChI=1S/C16H6S16/c17-5-7(25-13(23-5)15-27-9-10(28-15)20-2-1-19-9)31-32-8-6(18)24-14(26-8)16-29-11-12(30-16)22-4-3-21-11/h1-4,17-18H. The van der Waals surface area contributed by atoms with Crippen molar-refractivity contribution in [3.8, 4) is 0 Å². The summed E-state index contributed by atoms with van der Waals surface area (Å²) in [6, 6.07) is 0. The minimum absolute atomic E-state index is 1.11. The van der Waals surface area contributed by atoms with Crippen LogP contribution in [0.15, 0.2) is 72.5 Å². The van der Waals surface area contributed by atoms with Crippen LogP contribution in [0.2, 0.25) is 0 Å². The molecule has 0 aromatic carbocycles. The maximum Gasteiger partial charge on any atom is 0.0769 e. The molecule has 32 heavy (non-hydrogen) atoms. The van der Waals surface area contributed by atoms with Crippen molar-refractivity contribution >= 4 is 188 Å². The number of hydrogen-bond donors (Lipinski definition) is 2. The molecule has 0 radical (unpaired) electrons. The molecule has 0 aromatic heterocycles. The molecule has 0 spiro atoms. The second-order valence-electron chi connectivity index (χ2n) is 5.48. The third-order valence-electron chi connectivity index (χ3n) is 3.51. The van der Waals surface area contributed by atoms with Crippen molar-refractivity contribution in [3.05, 3.63) is 72.5 Å². The molecule has 0 saturated carbocycles. The van der Waals surface area contributed by atoms with E-state index in [1.165, 1.54) is 42.4 Å². The van der Waals surface area contributed by atoms with Crippen LogP contribution in [-0.2, 0) is 0 Å². The van der Waals surface area contributed by atoms with E-state index in [0.717, 1.165) is 8.47 Å². The van der Waals surface area contributed by atoms with Gasteiger partial charge in [-0.1, -0.05) is 141 Å². The van der Waals surface area contributed by atoms with Crippen molar-refractivity contribution in [2.45, 2.75) is 0 Å². The zero-order valence-corrected chi connectivity index (χ0v) is 28.1. The van der Waals surface area contributed by atoms with Gasteiger partial charge in [0.1, 0.15) is 0 Å². The van der Waals surface area contributed by atoms with Gasteiger partial charge in [0.15, 0.2) is 0 Å². The van der Waals surface area contributed by atoms with Crippen LogP contribution in [0.25, 0.3) is 0 Å². The summed E-state index contributed by atoms with van der Waals surface area (Å²) >= 11 is 31.9. The normalized spacial score (nSPS) is 25.4. The van der Waals surface area contributed by atoms with Crippen LogP contribution in [0.1, 0.15) is 0 Å². The molecule has 0 nitrogen and oxygen atoms in total. The molecule has 0 atom stereocenters. The number of hydrogen-bond acceptors (Lipinski definition) is 16. The maximum absolute atomic E-state index is 4.80. The highest BCUT2D eigenvalue weighted by Gasteiger charge is 2.33. The number of thiol groups is 2. The van der Waals surface area contributed by atoms with Crippen LogP contribution >= 0.6 is 188 Å². The fourth-order valence-corrected chi connectivity index (χ4v) is 23.3. The topological polar surface area (TPSA) is 0 Å². The van der Waals surface area contributed by atoms with Gasteiger partial charge in [0.05, 0.1) is 50.8 Å². The first kappa shape index (κ1) is 25.8. The van der Waals surface area contributed by atoms with Crippen molar-refractivity contribution in [1.82, 2.24) is 0 Å². The van der Waals surface area contributed by atoms with E-state index in [1.807, 2.05) is 139 Å². The Morgan fingerprint density at radius 3 is 1.06 bits per heavy atom. The Kier molecular flexibility index (Phi) is 9.44. The summed E-state index contributed by atoms with van der Waals surface area (Å²) < 4.78 is 15.9. The number of thioether (sulfide) groups is 12. The molecule has 0 amide bonds. The summed E-state index contributed by atoms with van der Waals surface area (Å²) in [6.07, 6.45) is 0. The lowest BCUT2D eigenvalue weighted by Crippen LogP contribution is -1.68. The van der Waals surface area contributed by atoms with Crippen LogP contribution < -0.4 is 0 Å². The van der Waals surface area contributed by atoms with Gasteiger partial charge in [-0.15, -0.1) is 25.3 Å². The first-order valence-corrected chi connectivity index (χ1v) is 21.3. The predicted molar refractivity (Wildman–Crippen MR) is 185 cm³/mol. The van der Waals surface area contributed by atoms with Gasteiger partial charge in [-0.2, -0.15) is 0 Å². The van der Waals surface area contributed by atoms with Gasteiger partial charge in [-0.3, -0.25) is 0 Å². The quantitative estimate of drug-likeness (QED) is 0.211. The largest absolute Gasteiger partial charge is 0.135 e. The van der Waals surface area contributed by atoms with Crippen LogP contribution in [0.3, 0.4) is 0 Å². The Balaban J connectivity index is 1.07. The molecule has 0 aliphatic carbocycles. The van der Waals surface area contributed by atoms with Crippen molar-refractivity contribution < 1.29 is 0 Å². The van der Waals surface area contributed by atoms with Crippen LogP contribution in [0, 0.1) is 0 Å². The first-order valence-electron chi connectivity index (χ1n) is 8.21. The second-order valence-corrected chi connectivity index (χ2v) is 23.5. The Morgan fingerprint density at radius 1 is 0.406 bits per heavy atom. The Labute approximate surface area is 256 Å². The van der Waals surface area contributed by atoms with Crippen molar-refractivity contribution in [1.29, 1.82) is 0 Å². The van der Waals surface area contributed by atoms with E-state index in [4.69, 9.17) is 25.3 Å². The fourth-order valence-electron chi connectivity index (χ4n) is 2.26. The highest BCUT2D eigenvalue weighted by Crippen LogP contribution is 2.70. The third kappa shape index (κ3) is 5.75. The van der Waals surface area contributed by atoms with Gasteiger partial charge < -0.3 is 0 Å². The molecule has 6 aliphatic heterocycles.